The van der Waals surface area contributed by atoms with Gasteiger partial charge in [-0.15, -0.1) is 11.3 Å². The fourth-order valence-electron chi connectivity index (χ4n) is 3.68. The SMILES string of the molecule is CNC(=O)c1ccc(NC(=O)CN2CCC(c3nc4cc(Cl)ccc4s3)CC2)cc1. The molecule has 3 aromatic rings. The molecule has 0 atom stereocenters. The molecule has 2 heterocycles. The van der Waals surface area contributed by atoms with Gasteiger partial charge in [-0.25, -0.2) is 4.98 Å². The van der Waals surface area contributed by atoms with Crippen molar-refractivity contribution in [2.75, 3.05) is 32.0 Å². The Balaban J connectivity index is 1.28. The van der Waals surface area contributed by atoms with Crippen LogP contribution in [0, 0.1) is 0 Å². The topological polar surface area (TPSA) is 74.3 Å². The van der Waals surface area contributed by atoms with Gasteiger partial charge in [-0.1, -0.05) is 11.6 Å². The smallest absolute Gasteiger partial charge is 0.251 e. The number of halogens is 1. The van der Waals surface area contributed by atoms with Crippen molar-refractivity contribution in [3.05, 3.63) is 58.1 Å². The summed E-state index contributed by atoms with van der Waals surface area (Å²) in [7, 11) is 1.59. The standard InChI is InChI=1S/C22H23ClN4O2S/c1-24-21(29)14-2-5-17(6-3-14)25-20(28)13-27-10-8-15(9-11-27)22-26-18-12-16(23)4-7-19(18)30-22/h2-7,12,15H,8-11,13H2,1H3,(H,24,29)(H,25,28). The number of likely N-dealkylation sites (tertiary alicyclic amines) is 1. The Kier molecular flexibility index (Phi) is 6.32. The number of nitrogens with zero attached hydrogens (tertiary/aromatic N) is 2. The zero-order valence-electron chi connectivity index (χ0n) is 16.7. The number of hydrogen-bond acceptors (Lipinski definition) is 5. The van der Waals surface area contributed by atoms with Gasteiger partial charge in [0.25, 0.3) is 5.91 Å². The molecule has 2 amide bonds. The maximum absolute atomic E-state index is 12.4. The fraction of sp³-hybridized carbons (Fsp3) is 0.318. The summed E-state index contributed by atoms with van der Waals surface area (Å²) >= 11 is 7.81. The average molecular weight is 443 g/mol. The van der Waals surface area contributed by atoms with Gasteiger partial charge in [-0.3, -0.25) is 14.5 Å². The molecular weight excluding hydrogens is 420 g/mol. The number of amides is 2. The van der Waals surface area contributed by atoms with Crippen molar-refractivity contribution in [1.82, 2.24) is 15.2 Å². The number of aromatic nitrogens is 1. The summed E-state index contributed by atoms with van der Waals surface area (Å²) in [5, 5.41) is 7.35. The lowest BCUT2D eigenvalue weighted by molar-refractivity contribution is -0.117. The zero-order valence-corrected chi connectivity index (χ0v) is 18.2. The molecular formula is C22H23ClN4O2S. The van der Waals surface area contributed by atoms with E-state index in [1.807, 2.05) is 18.2 Å². The van der Waals surface area contributed by atoms with Crippen LogP contribution in [0.1, 0.15) is 34.1 Å². The highest BCUT2D eigenvalue weighted by atomic mass is 35.5. The molecule has 1 fully saturated rings. The summed E-state index contributed by atoms with van der Waals surface area (Å²) in [6.45, 7) is 2.09. The van der Waals surface area contributed by atoms with E-state index in [-0.39, 0.29) is 11.8 Å². The van der Waals surface area contributed by atoms with Crippen molar-refractivity contribution < 1.29 is 9.59 Å². The van der Waals surface area contributed by atoms with Crippen molar-refractivity contribution in [2.45, 2.75) is 18.8 Å². The molecule has 2 aromatic carbocycles. The zero-order chi connectivity index (χ0) is 21.1. The Labute approximate surface area is 184 Å². The van der Waals surface area contributed by atoms with Gasteiger partial charge in [0.05, 0.1) is 21.8 Å². The van der Waals surface area contributed by atoms with Crippen LogP contribution in [0.2, 0.25) is 5.02 Å². The van der Waals surface area contributed by atoms with E-state index in [1.54, 1.807) is 42.6 Å². The predicted octanol–water partition coefficient (Wildman–Crippen LogP) is 4.13. The molecule has 0 radical (unpaired) electrons. The van der Waals surface area contributed by atoms with E-state index >= 15 is 0 Å². The second kappa shape index (κ2) is 9.12. The monoisotopic (exact) mass is 442 g/mol. The maximum atomic E-state index is 12.4. The van der Waals surface area contributed by atoms with Gasteiger partial charge in [-0.2, -0.15) is 0 Å². The first-order valence-corrected chi connectivity index (χ1v) is 11.1. The minimum Gasteiger partial charge on any atom is -0.355 e. The lowest BCUT2D eigenvalue weighted by atomic mass is 9.97. The van der Waals surface area contributed by atoms with E-state index in [9.17, 15) is 9.59 Å². The van der Waals surface area contributed by atoms with Crippen LogP contribution in [-0.2, 0) is 4.79 Å². The highest BCUT2D eigenvalue weighted by Crippen LogP contribution is 2.34. The van der Waals surface area contributed by atoms with E-state index in [0.717, 1.165) is 36.5 Å². The minimum absolute atomic E-state index is 0.0456. The highest BCUT2D eigenvalue weighted by Gasteiger charge is 2.24. The highest BCUT2D eigenvalue weighted by molar-refractivity contribution is 7.18. The molecule has 0 unspecified atom stereocenters. The third-order valence-electron chi connectivity index (χ3n) is 5.33. The number of nitrogens with one attached hydrogen (secondary N) is 2. The predicted molar refractivity (Wildman–Crippen MR) is 122 cm³/mol. The summed E-state index contributed by atoms with van der Waals surface area (Å²) in [6, 6.07) is 12.7. The van der Waals surface area contributed by atoms with Gasteiger partial charge in [-0.05, 0) is 68.4 Å². The number of carbonyl (C=O) groups excluding carboxylic acids is 2. The van der Waals surface area contributed by atoms with Gasteiger partial charge in [0.1, 0.15) is 0 Å². The van der Waals surface area contributed by atoms with E-state index in [4.69, 9.17) is 16.6 Å². The van der Waals surface area contributed by atoms with Crippen molar-refractivity contribution in [1.29, 1.82) is 0 Å². The number of fused-ring (bicyclic) bond motifs is 1. The first-order valence-electron chi connectivity index (χ1n) is 9.92. The molecule has 0 bridgehead atoms. The Morgan fingerprint density at radius 3 is 2.60 bits per heavy atom. The Morgan fingerprint density at radius 2 is 1.90 bits per heavy atom. The lowest BCUT2D eigenvalue weighted by Gasteiger charge is -2.30. The van der Waals surface area contributed by atoms with Crippen molar-refractivity contribution in [2.24, 2.45) is 0 Å². The molecule has 30 heavy (non-hydrogen) atoms. The maximum Gasteiger partial charge on any atom is 0.251 e. The number of piperidine rings is 1. The van der Waals surface area contributed by atoms with Crippen LogP contribution in [0.4, 0.5) is 5.69 Å². The molecule has 1 aliphatic rings. The quantitative estimate of drug-likeness (QED) is 0.623. The number of thiazole rings is 1. The molecule has 1 aromatic heterocycles. The van der Waals surface area contributed by atoms with Gasteiger partial charge in [0.2, 0.25) is 5.91 Å². The van der Waals surface area contributed by atoms with E-state index in [2.05, 4.69) is 15.5 Å². The second-order valence-electron chi connectivity index (χ2n) is 7.42. The van der Waals surface area contributed by atoms with Crippen LogP contribution in [0.25, 0.3) is 10.2 Å². The number of carbonyl (C=O) groups is 2. The molecule has 0 aliphatic carbocycles. The largest absolute Gasteiger partial charge is 0.355 e. The third kappa shape index (κ3) is 4.80. The summed E-state index contributed by atoms with van der Waals surface area (Å²) in [4.78, 5) is 30.9. The van der Waals surface area contributed by atoms with Crippen molar-refractivity contribution in [3.63, 3.8) is 0 Å². The normalized spacial score (nSPS) is 15.3. The molecule has 2 N–H and O–H groups in total. The Morgan fingerprint density at radius 1 is 1.17 bits per heavy atom. The van der Waals surface area contributed by atoms with Crippen LogP contribution in [0.5, 0.6) is 0 Å². The third-order valence-corrected chi connectivity index (χ3v) is 6.76. The molecule has 0 saturated carbocycles. The van der Waals surface area contributed by atoms with Crippen molar-refractivity contribution in [3.8, 4) is 0 Å². The summed E-state index contributed by atoms with van der Waals surface area (Å²) in [5.41, 5.74) is 2.22. The molecule has 0 spiro atoms. The number of hydrogen-bond donors (Lipinski definition) is 2. The van der Waals surface area contributed by atoms with E-state index in [1.165, 1.54) is 4.70 Å². The van der Waals surface area contributed by atoms with E-state index < -0.39 is 0 Å². The number of rotatable bonds is 5. The molecule has 4 rings (SSSR count). The minimum atomic E-state index is -0.146. The Hall–Kier alpha value is -2.48. The second-order valence-corrected chi connectivity index (χ2v) is 8.92. The van der Waals surface area contributed by atoms with Gasteiger partial charge >= 0.3 is 0 Å². The Bertz CT molecular complexity index is 1060. The molecule has 6 nitrogen and oxygen atoms in total. The van der Waals surface area contributed by atoms with Crippen LogP contribution in [0.3, 0.4) is 0 Å². The van der Waals surface area contributed by atoms with Gasteiger partial charge in [0.15, 0.2) is 0 Å². The fourth-order valence-corrected chi connectivity index (χ4v) is 4.97. The first kappa shape index (κ1) is 20.8. The molecule has 8 heteroatoms. The number of anilines is 1. The van der Waals surface area contributed by atoms with Crippen molar-refractivity contribution >= 4 is 50.7 Å². The van der Waals surface area contributed by atoms with Gasteiger partial charge in [0, 0.05) is 29.2 Å². The summed E-state index contributed by atoms with van der Waals surface area (Å²) < 4.78 is 1.17. The van der Waals surface area contributed by atoms with Crippen LogP contribution < -0.4 is 10.6 Å². The summed E-state index contributed by atoms with van der Waals surface area (Å²) in [6.07, 6.45) is 1.98. The van der Waals surface area contributed by atoms with E-state index in [0.29, 0.717) is 28.7 Å². The lowest BCUT2D eigenvalue weighted by Crippen LogP contribution is -2.38. The molecule has 1 aliphatic heterocycles. The average Bonchev–Trinajstić information content (AvgIpc) is 3.17. The van der Waals surface area contributed by atoms with Gasteiger partial charge < -0.3 is 10.6 Å². The molecule has 156 valence electrons. The van der Waals surface area contributed by atoms with Crippen LogP contribution in [0.15, 0.2) is 42.5 Å². The number of benzene rings is 2. The molecule has 1 saturated heterocycles. The van der Waals surface area contributed by atoms with Crippen LogP contribution >= 0.6 is 22.9 Å². The summed E-state index contributed by atoms with van der Waals surface area (Å²) in [5.74, 6) is 0.237. The first-order chi connectivity index (χ1) is 14.5. The van der Waals surface area contributed by atoms with Crippen LogP contribution in [-0.4, -0.2) is 48.4 Å².